The average molecular weight is 240 g/mol. The van der Waals surface area contributed by atoms with E-state index in [0.717, 1.165) is 29.8 Å². The highest BCUT2D eigenvalue weighted by molar-refractivity contribution is 5.83. The van der Waals surface area contributed by atoms with Gasteiger partial charge in [0.2, 0.25) is 0 Å². The van der Waals surface area contributed by atoms with Gasteiger partial charge in [0.1, 0.15) is 0 Å². The molecule has 0 amide bonds. The Morgan fingerprint density at radius 2 is 2.11 bits per heavy atom. The van der Waals surface area contributed by atoms with E-state index in [9.17, 15) is 0 Å². The summed E-state index contributed by atoms with van der Waals surface area (Å²) in [5.41, 5.74) is 9.76. The van der Waals surface area contributed by atoms with Crippen LogP contribution in [0.25, 0.3) is 5.70 Å². The Hall–Kier alpha value is -2.09. The number of allylic oxidation sites excluding steroid dienone is 3. The van der Waals surface area contributed by atoms with E-state index in [4.69, 9.17) is 5.73 Å². The van der Waals surface area contributed by atoms with Crippen LogP contribution in [0.4, 0.5) is 5.69 Å². The molecule has 1 rings (SSSR count). The number of nitrogens with zero attached hydrogens (tertiary/aromatic N) is 1. The van der Waals surface area contributed by atoms with Crippen LogP contribution in [0.1, 0.15) is 24.5 Å². The number of nitrogens with two attached hydrogens (primary N) is 1. The molecule has 0 fully saturated rings. The standard InChI is InChI=1S/C16H20N2/c1-4-7-13-9-10-15(17)14(12-13)16(8-5-2)18-11-6-3/h5-6,8-12H,2-4,7,17H2,1H3/b16-8-,18-11?. The normalized spacial score (nSPS) is 11.7. The number of anilines is 1. The molecular formula is C16H20N2. The summed E-state index contributed by atoms with van der Waals surface area (Å²) in [5, 5.41) is 0. The highest BCUT2D eigenvalue weighted by atomic mass is 14.7. The van der Waals surface area contributed by atoms with Crippen LogP contribution in [-0.4, -0.2) is 6.21 Å². The van der Waals surface area contributed by atoms with Gasteiger partial charge in [0, 0.05) is 17.5 Å². The summed E-state index contributed by atoms with van der Waals surface area (Å²) in [6.07, 6.45) is 9.01. The third-order valence-corrected chi connectivity index (χ3v) is 2.53. The highest BCUT2D eigenvalue weighted by Crippen LogP contribution is 2.24. The number of nitrogen functional groups attached to an aromatic ring is 1. The smallest absolute Gasteiger partial charge is 0.0722 e. The molecule has 0 saturated heterocycles. The summed E-state index contributed by atoms with van der Waals surface area (Å²) in [6.45, 7) is 9.49. The van der Waals surface area contributed by atoms with Crippen molar-refractivity contribution in [2.24, 2.45) is 4.99 Å². The fraction of sp³-hybridized carbons (Fsp3) is 0.188. The molecule has 2 heteroatoms. The first-order valence-corrected chi connectivity index (χ1v) is 6.09. The zero-order valence-electron chi connectivity index (χ0n) is 10.9. The number of aryl methyl sites for hydroxylation is 1. The molecule has 0 spiro atoms. The van der Waals surface area contributed by atoms with Gasteiger partial charge in [-0.15, -0.1) is 0 Å². The molecule has 0 atom stereocenters. The molecule has 0 aliphatic rings. The van der Waals surface area contributed by atoms with Crippen molar-refractivity contribution in [1.82, 2.24) is 0 Å². The molecule has 0 unspecified atom stereocenters. The number of hydrogen-bond donors (Lipinski definition) is 1. The molecule has 0 saturated carbocycles. The van der Waals surface area contributed by atoms with Crippen LogP contribution < -0.4 is 5.73 Å². The first-order chi connectivity index (χ1) is 8.72. The van der Waals surface area contributed by atoms with Gasteiger partial charge >= 0.3 is 0 Å². The molecule has 0 aliphatic heterocycles. The lowest BCUT2D eigenvalue weighted by molar-refractivity contribution is 0.921. The van der Waals surface area contributed by atoms with Gasteiger partial charge in [-0.2, -0.15) is 0 Å². The van der Waals surface area contributed by atoms with Crippen molar-refractivity contribution in [1.29, 1.82) is 0 Å². The van der Waals surface area contributed by atoms with E-state index in [1.165, 1.54) is 5.56 Å². The van der Waals surface area contributed by atoms with E-state index in [0.29, 0.717) is 0 Å². The molecule has 0 heterocycles. The maximum Gasteiger partial charge on any atom is 0.0722 e. The minimum atomic E-state index is 0.726. The molecule has 1 aromatic rings. The van der Waals surface area contributed by atoms with E-state index in [1.54, 1.807) is 18.4 Å². The summed E-state index contributed by atoms with van der Waals surface area (Å²) in [5.74, 6) is 0. The topological polar surface area (TPSA) is 38.4 Å². The second-order valence-electron chi connectivity index (χ2n) is 3.97. The minimum absolute atomic E-state index is 0.726. The van der Waals surface area contributed by atoms with Crippen LogP contribution in [0.15, 0.2) is 54.6 Å². The molecule has 0 aliphatic carbocycles. The average Bonchev–Trinajstić information content (AvgIpc) is 2.37. The molecular weight excluding hydrogens is 220 g/mol. The largest absolute Gasteiger partial charge is 0.398 e. The van der Waals surface area contributed by atoms with E-state index in [-0.39, 0.29) is 0 Å². The minimum Gasteiger partial charge on any atom is -0.398 e. The summed E-state index contributed by atoms with van der Waals surface area (Å²) >= 11 is 0. The van der Waals surface area contributed by atoms with Crippen molar-refractivity contribution in [2.45, 2.75) is 19.8 Å². The Balaban J connectivity index is 3.21. The van der Waals surface area contributed by atoms with Crippen molar-refractivity contribution in [2.75, 3.05) is 5.73 Å². The number of hydrogen-bond acceptors (Lipinski definition) is 2. The summed E-state index contributed by atoms with van der Waals surface area (Å²) in [6, 6.07) is 6.08. The Morgan fingerprint density at radius 3 is 2.72 bits per heavy atom. The van der Waals surface area contributed by atoms with Gasteiger partial charge in [0.15, 0.2) is 0 Å². The van der Waals surface area contributed by atoms with Crippen molar-refractivity contribution < 1.29 is 0 Å². The molecule has 94 valence electrons. The lowest BCUT2D eigenvalue weighted by Gasteiger charge is -2.08. The van der Waals surface area contributed by atoms with Crippen molar-refractivity contribution in [3.05, 3.63) is 60.7 Å². The molecule has 0 bridgehead atoms. The molecule has 0 aromatic heterocycles. The van der Waals surface area contributed by atoms with Gasteiger partial charge in [0.25, 0.3) is 0 Å². The summed E-state index contributed by atoms with van der Waals surface area (Å²) in [4.78, 5) is 4.33. The predicted molar refractivity (Wildman–Crippen MR) is 81.7 cm³/mol. The number of aliphatic imine (C=N–C) groups is 1. The Morgan fingerprint density at radius 1 is 1.33 bits per heavy atom. The fourth-order valence-electron chi connectivity index (χ4n) is 1.72. The van der Waals surface area contributed by atoms with Crippen LogP contribution in [0.3, 0.4) is 0 Å². The van der Waals surface area contributed by atoms with Crippen LogP contribution in [0, 0.1) is 0 Å². The van der Waals surface area contributed by atoms with Crippen LogP contribution in [0.5, 0.6) is 0 Å². The maximum absolute atomic E-state index is 6.01. The number of rotatable bonds is 6. The van der Waals surface area contributed by atoms with Gasteiger partial charge in [0.05, 0.1) is 5.70 Å². The Bertz CT molecular complexity index is 482. The second kappa shape index (κ2) is 7.28. The first kappa shape index (κ1) is 14.0. The first-order valence-electron chi connectivity index (χ1n) is 6.09. The number of benzene rings is 1. The van der Waals surface area contributed by atoms with Crippen molar-refractivity contribution in [3.8, 4) is 0 Å². The molecule has 0 radical (unpaired) electrons. The van der Waals surface area contributed by atoms with Gasteiger partial charge in [-0.05, 0) is 30.2 Å². The molecule has 2 N–H and O–H groups in total. The third-order valence-electron chi connectivity index (χ3n) is 2.53. The van der Waals surface area contributed by atoms with Crippen LogP contribution in [-0.2, 0) is 6.42 Å². The zero-order chi connectivity index (χ0) is 13.4. The predicted octanol–water partition coefficient (Wildman–Crippen LogP) is 4.01. The summed E-state index contributed by atoms with van der Waals surface area (Å²) < 4.78 is 0. The molecule has 1 aromatic carbocycles. The van der Waals surface area contributed by atoms with Gasteiger partial charge in [-0.3, -0.25) is 4.99 Å². The molecule has 2 nitrogen and oxygen atoms in total. The second-order valence-corrected chi connectivity index (χ2v) is 3.97. The Kier molecular flexibility index (Phi) is 5.65. The maximum atomic E-state index is 6.01. The third kappa shape index (κ3) is 3.74. The van der Waals surface area contributed by atoms with Crippen LogP contribution in [0.2, 0.25) is 0 Å². The quantitative estimate of drug-likeness (QED) is 0.455. The van der Waals surface area contributed by atoms with E-state index >= 15 is 0 Å². The highest BCUT2D eigenvalue weighted by Gasteiger charge is 2.05. The van der Waals surface area contributed by atoms with E-state index in [1.807, 2.05) is 12.1 Å². The van der Waals surface area contributed by atoms with Crippen molar-refractivity contribution >= 4 is 17.6 Å². The van der Waals surface area contributed by atoms with E-state index in [2.05, 4.69) is 37.2 Å². The Labute approximate surface area is 109 Å². The lowest BCUT2D eigenvalue weighted by atomic mass is 10.0. The SMILES string of the molecule is C=CC=N/C(=C\C=C)c1cc(CCC)ccc1N. The summed E-state index contributed by atoms with van der Waals surface area (Å²) in [7, 11) is 0. The van der Waals surface area contributed by atoms with Gasteiger partial charge in [-0.1, -0.05) is 44.7 Å². The van der Waals surface area contributed by atoms with Crippen LogP contribution >= 0.6 is 0 Å². The van der Waals surface area contributed by atoms with Gasteiger partial charge < -0.3 is 5.73 Å². The molecule has 18 heavy (non-hydrogen) atoms. The van der Waals surface area contributed by atoms with E-state index < -0.39 is 0 Å². The van der Waals surface area contributed by atoms with Gasteiger partial charge in [-0.25, -0.2) is 0 Å². The lowest BCUT2D eigenvalue weighted by Crippen LogP contribution is -1.95. The fourth-order valence-corrected chi connectivity index (χ4v) is 1.72. The monoisotopic (exact) mass is 240 g/mol. The van der Waals surface area contributed by atoms with Crippen molar-refractivity contribution in [3.63, 3.8) is 0 Å². The zero-order valence-corrected chi connectivity index (χ0v) is 10.9.